The van der Waals surface area contributed by atoms with Crippen molar-refractivity contribution in [1.82, 2.24) is 10.5 Å². The van der Waals surface area contributed by atoms with E-state index in [1.165, 1.54) is 25.7 Å². The predicted molar refractivity (Wildman–Crippen MR) is 78.3 cm³/mol. The number of thioether (sulfide) groups is 1. The summed E-state index contributed by atoms with van der Waals surface area (Å²) >= 11 is 1.86. The number of rotatable bonds is 2. The first kappa shape index (κ1) is 13.0. The highest BCUT2D eigenvalue weighted by Crippen LogP contribution is 2.38. The molecule has 1 saturated heterocycles. The second kappa shape index (κ2) is 5.19. The molecule has 0 unspecified atom stereocenters. The summed E-state index contributed by atoms with van der Waals surface area (Å²) in [4.78, 5) is 4.62. The third-order valence-corrected chi connectivity index (χ3v) is 5.35. The summed E-state index contributed by atoms with van der Waals surface area (Å²) in [5.41, 5.74) is 1.22. The Balaban J connectivity index is 1.59. The van der Waals surface area contributed by atoms with Gasteiger partial charge in [-0.1, -0.05) is 23.8 Å². The molecule has 0 atom stereocenters. The molecule has 5 heteroatoms. The van der Waals surface area contributed by atoms with Crippen molar-refractivity contribution in [3.05, 3.63) is 17.5 Å². The Labute approximate surface area is 118 Å². The molecule has 0 bridgehead atoms. The Morgan fingerprint density at radius 2 is 2.32 bits per heavy atom. The standard InChI is InChI=1S/C14H21N3OS/c1-10-3-5-14(6-4-10)9-19-13(16-14)15-8-12-7-11(2)18-17-12/h7,10H,3-6,8-9H2,1-2H3,(H,15,16). The van der Waals surface area contributed by atoms with E-state index in [2.05, 4.69) is 22.4 Å². The van der Waals surface area contributed by atoms with Gasteiger partial charge in [-0.25, -0.2) is 0 Å². The molecule has 0 amide bonds. The molecule has 1 spiro atoms. The molecule has 2 fully saturated rings. The van der Waals surface area contributed by atoms with Gasteiger partial charge in [0.1, 0.15) is 11.5 Å². The SMILES string of the molecule is Cc1cc(CN=C2NC3(CCC(C)CC3)CS2)no1. The highest BCUT2D eigenvalue weighted by atomic mass is 32.2. The topological polar surface area (TPSA) is 50.4 Å². The van der Waals surface area contributed by atoms with E-state index >= 15 is 0 Å². The van der Waals surface area contributed by atoms with Crippen LogP contribution in [0.1, 0.15) is 44.1 Å². The fraction of sp³-hybridized carbons (Fsp3) is 0.714. The maximum Gasteiger partial charge on any atom is 0.157 e. The third-order valence-electron chi connectivity index (χ3n) is 4.15. The average Bonchev–Trinajstić information content (AvgIpc) is 2.99. The van der Waals surface area contributed by atoms with Crippen LogP contribution in [0.4, 0.5) is 0 Å². The lowest BCUT2D eigenvalue weighted by Crippen LogP contribution is -2.46. The molecule has 1 aliphatic heterocycles. The van der Waals surface area contributed by atoms with Gasteiger partial charge in [0.2, 0.25) is 0 Å². The van der Waals surface area contributed by atoms with Gasteiger partial charge >= 0.3 is 0 Å². The van der Waals surface area contributed by atoms with Gasteiger partial charge in [0.15, 0.2) is 5.17 Å². The summed E-state index contributed by atoms with van der Waals surface area (Å²) in [5.74, 6) is 2.90. The van der Waals surface area contributed by atoms with Crippen LogP contribution in [-0.4, -0.2) is 21.6 Å². The van der Waals surface area contributed by atoms with Gasteiger partial charge in [-0.15, -0.1) is 0 Å². The molecule has 1 aromatic heterocycles. The Hall–Kier alpha value is -0.970. The van der Waals surface area contributed by atoms with E-state index in [1.807, 2.05) is 24.8 Å². The van der Waals surface area contributed by atoms with E-state index in [9.17, 15) is 0 Å². The fourth-order valence-electron chi connectivity index (χ4n) is 2.82. The predicted octanol–water partition coefficient (Wildman–Crippen LogP) is 3.12. The average molecular weight is 279 g/mol. The molecule has 1 aromatic rings. The second-order valence-corrected chi connectivity index (χ2v) is 6.89. The quantitative estimate of drug-likeness (QED) is 0.903. The van der Waals surface area contributed by atoms with E-state index in [0.717, 1.165) is 28.3 Å². The van der Waals surface area contributed by atoms with Crippen molar-refractivity contribution in [3.8, 4) is 0 Å². The number of aromatic nitrogens is 1. The molecule has 3 rings (SSSR count). The van der Waals surface area contributed by atoms with E-state index in [0.29, 0.717) is 12.1 Å². The van der Waals surface area contributed by atoms with Crippen molar-refractivity contribution in [3.63, 3.8) is 0 Å². The molecular formula is C14H21N3OS. The van der Waals surface area contributed by atoms with Crippen LogP contribution >= 0.6 is 11.8 Å². The van der Waals surface area contributed by atoms with Gasteiger partial charge in [0.25, 0.3) is 0 Å². The van der Waals surface area contributed by atoms with Crippen molar-refractivity contribution < 1.29 is 4.52 Å². The molecule has 1 N–H and O–H groups in total. The van der Waals surface area contributed by atoms with Crippen LogP contribution in [0, 0.1) is 12.8 Å². The lowest BCUT2D eigenvalue weighted by molar-refractivity contribution is 0.251. The van der Waals surface area contributed by atoms with Crippen LogP contribution in [0.3, 0.4) is 0 Å². The van der Waals surface area contributed by atoms with Gasteiger partial charge in [-0.3, -0.25) is 4.99 Å². The van der Waals surface area contributed by atoms with Crippen LogP contribution in [0.25, 0.3) is 0 Å². The Morgan fingerprint density at radius 1 is 1.53 bits per heavy atom. The van der Waals surface area contributed by atoms with E-state index in [1.54, 1.807) is 0 Å². The maximum absolute atomic E-state index is 5.05. The molecule has 1 saturated carbocycles. The van der Waals surface area contributed by atoms with E-state index in [-0.39, 0.29) is 0 Å². The maximum atomic E-state index is 5.05. The van der Waals surface area contributed by atoms with Crippen molar-refractivity contribution in [1.29, 1.82) is 0 Å². The van der Waals surface area contributed by atoms with Crippen LogP contribution in [0.5, 0.6) is 0 Å². The molecule has 104 valence electrons. The molecule has 2 aliphatic rings. The number of nitrogens with zero attached hydrogens (tertiary/aromatic N) is 2. The minimum atomic E-state index is 0.315. The van der Waals surface area contributed by atoms with Crippen LogP contribution in [0.2, 0.25) is 0 Å². The number of nitrogens with one attached hydrogen (secondary N) is 1. The summed E-state index contributed by atoms with van der Waals surface area (Å²) < 4.78 is 5.05. The zero-order chi connectivity index (χ0) is 13.3. The summed E-state index contributed by atoms with van der Waals surface area (Å²) in [7, 11) is 0. The summed E-state index contributed by atoms with van der Waals surface area (Å²) in [6.07, 6.45) is 5.24. The largest absolute Gasteiger partial charge is 0.361 e. The summed E-state index contributed by atoms with van der Waals surface area (Å²) in [5, 5.41) is 8.71. The van der Waals surface area contributed by atoms with Gasteiger partial charge in [0, 0.05) is 17.4 Å². The number of aliphatic imine (C=N–C) groups is 1. The number of amidine groups is 1. The molecule has 4 nitrogen and oxygen atoms in total. The highest BCUT2D eigenvalue weighted by Gasteiger charge is 2.39. The zero-order valence-electron chi connectivity index (χ0n) is 11.6. The zero-order valence-corrected chi connectivity index (χ0v) is 12.4. The molecule has 19 heavy (non-hydrogen) atoms. The Morgan fingerprint density at radius 3 is 3.00 bits per heavy atom. The first-order chi connectivity index (χ1) is 9.15. The lowest BCUT2D eigenvalue weighted by Gasteiger charge is -2.35. The molecule has 2 heterocycles. The molecule has 0 radical (unpaired) electrons. The van der Waals surface area contributed by atoms with Gasteiger partial charge < -0.3 is 9.84 Å². The monoisotopic (exact) mass is 279 g/mol. The minimum Gasteiger partial charge on any atom is -0.361 e. The first-order valence-corrected chi connectivity index (χ1v) is 8.01. The normalized spacial score (nSPS) is 32.9. The van der Waals surface area contributed by atoms with Crippen LogP contribution in [0.15, 0.2) is 15.6 Å². The van der Waals surface area contributed by atoms with Crippen LogP contribution in [-0.2, 0) is 6.54 Å². The highest BCUT2D eigenvalue weighted by molar-refractivity contribution is 8.14. The van der Waals surface area contributed by atoms with Crippen molar-refractivity contribution in [2.24, 2.45) is 10.9 Å². The number of hydrogen-bond donors (Lipinski definition) is 1. The number of aryl methyl sites for hydroxylation is 1. The minimum absolute atomic E-state index is 0.315. The van der Waals surface area contributed by atoms with Crippen molar-refractivity contribution in [2.45, 2.75) is 51.6 Å². The van der Waals surface area contributed by atoms with Gasteiger partial charge in [-0.05, 0) is 38.5 Å². The molecule has 1 aliphatic carbocycles. The van der Waals surface area contributed by atoms with Gasteiger partial charge in [-0.2, -0.15) is 0 Å². The second-order valence-electron chi connectivity index (χ2n) is 5.93. The van der Waals surface area contributed by atoms with Gasteiger partial charge in [0.05, 0.1) is 6.54 Å². The Kier molecular flexibility index (Phi) is 3.56. The summed E-state index contributed by atoms with van der Waals surface area (Å²) in [6, 6.07) is 1.95. The van der Waals surface area contributed by atoms with Crippen molar-refractivity contribution in [2.75, 3.05) is 5.75 Å². The van der Waals surface area contributed by atoms with Crippen molar-refractivity contribution >= 4 is 16.9 Å². The Bertz CT molecular complexity index is 475. The lowest BCUT2D eigenvalue weighted by atomic mass is 9.78. The smallest absolute Gasteiger partial charge is 0.157 e. The van der Waals surface area contributed by atoms with Crippen LogP contribution < -0.4 is 5.32 Å². The summed E-state index contributed by atoms with van der Waals surface area (Å²) in [6.45, 7) is 4.88. The first-order valence-electron chi connectivity index (χ1n) is 7.03. The van der Waals surface area contributed by atoms with E-state index < -0.39 is 0 Å². The molecular weight excluding hydrogens is 258 g/mol. The fourth-order valence-corrected chi connectivity index (χ4v) is 4.04. The van der Waals surface area contributed by atoms with E-state index in [4.69, 9.17) is 4.52 Å². The third kappa shape index (κ3) is 2.96. The molecule has 0 aromatic carbocycles. The number of hydrogen-bond acceptors (Lipinski definition) is 4.